The molecular weight excluding hydrogens is 266 g/mol. The predicted octanol–water partition coefficient (Wildman–Crippen LogP) is 3.50. The number of carbonyl (C=O) groups excluding carboxylic acids is 2. The highest BCUT2D eigenvalue weighted by Crippen LogP contribution is 2.33. The summed E-state index contributed by atoms with van der Waals surface area (Å²) < 4.78 is 9.87. The van der Waals surface area contributed by atoms with Crippen LogP contribution in [0.25, 0.3) is 0 Å². The molecule has 0 saturated carbocycles. The average Bonchev–Trinajstić information content (AvgIpc) is 2.54. The van der Waals surface area contributed by atoms with Crippen LogP contribution in [0.15, 0.2) is 0 Å². The third-order valence-electron chi connectivity index (χ3n) is 2.43. The number of methoxy groups -OCH3 is 1. The van der Waals surface area contributed by atoms with Crippen molar-refractivity contribution >= 4 is 28.4 Å². The molecule has 0 atom stereocenters. The number of thiophene rings is 1. The van der Waals surface area contributed by atoms with Crippen LogP contribution in [-0.4, -0.2) is 24.8 Å². The van der Waals surface area contributed by atoms with Crippen LogP contribution in [0.4, 0.5) is 9.80 Å². The molecule has 5 nitrogen and oxygen atoms in total. The second-order valence-corrected chi connectivity index (χ2v) is 6.15. The van der Waals surface area contributed by atoms with Gasteiger partial charge < -0.3 is 9.47 Å². The highest BCUT2D eigenvalue weighted by Gasteiger charge is 2.21. The quantitative estimate of drug-likeness (QED) is 0.845. The molecule has 0 fully saturated rings. The molecule has 1 amide bonds. The molecule has 0 aliphatic heterocycles. The van der Waals surface area contributed by atoms with Gasteiger partial charge in [-0.15, -0.1) is 11.3 Å². The van der Waals surface area contributed by atoms with Gasteiger partial charge in [-0.3, -0.25) is 5.32 Å². The van der Waals surface area contributed by atoms with Crippen molar-refractivity contribution in [2.75, 3.05) is 12.4 Å². The van der Waals surface area contributed by atoms with Crippen molar-refractivity contribution in [3.63, 3.8) is 0 Å². The van der Waals surface area contributed by atoms with Gasteiger partial charge in [0.2, 0.25) is 0 Å². The van der Waals surface area contributed by atoms with E-state index in [0.29, 0.717) is 9.88 Å². The molecule has 0 radical (unpaired) electrons. The van der Waals surface area contributed by atoms with Crippen LogP contribution in [0.1, 0.15) is 41.6 Å². The third-order valence-corrected chi connectivity index (χ3v) is 3.72. The van der Waals surface area contributed by atoms with E-state index in [-0.39, 0.29) is 0 Å². The molecule has 1 heterocycles. The van der Waals surface area contributed by atoms with Crippen molar-refractivity contribution in [3.8, 4) is 0 Å². The number of nitrogens with one attached hydrogen (secondary N) is 1. The highest BCUT2D eigenvalue weighted by molar-refractivity contribution is 7.18. The van der Waals surface area contributed by atoms with E-state index >= 15 is 0 Å². The lowest BCUT2D eigenvalue weighted by atomic mass is 10.2. The van der Waals surface area contributed by atoms with E-state index in [4.69, 9.17) is 9.47 Å². The second kappa shape index (κ2) is 5.61. The zero-order valence-corrected chi connectivity index (χ0v) is 12.9. The average molecular weight is 285 g/mol. The predicted molar refractivity (Wildman–Crippen MR) is 75.0 cm³/mol. The van der Waals surface area contributed by atoms with Gasteiger partial charge >= 0.3 is 12.1 Å². The van der Waals surface area contributed by atoms with Crippen LogP contribution in [0, 0.1) is 13.8 Å². The fourth-order valence-corrected chi connectivity index (χ4v) is 2.52. The number of carbonyl (C=O) groups is 2. The summed E-state index contributed by atoms with van der Waals surface area (Å²) in [5, 5.41) is 3.26. The Morgan fingerprint density at radius 1 is 1.16 bits per heavy atom. The topological polar surface area (TPSA) is 64.6 Å². The normalized spacial score (nSPS) is 11.1. The molecule has 0 bridgehead atoms. The lowest BCUT2D eigenvalue weighted by Gasteiger charge is -2.19. The van der Waals surface area contributed by atoms with Crippen LogP contribution in [0.5, 0.6) is 0 Å². The van der Waals surface area contributed by atoms with Gasteiger partial charge in [-0.25, -0.2) is 9.59 Å². The standard InChI is InChI=1S/C13H19NO4S/c1-7-8(2)10(19-9(7)11(15)17-6)14-12(16)18-13(3,4)5/h1-6H3,(H,14,16). The first-order chi connectivity index (χ1) is 8.65. The molecule has 0 spiro atoms. The van der Waals surface area contributed by atoms with E-state index in [1.54, 1.807) is 20.8 Å². The molecule has 0 unspecified atom stereocenters. The Morgan fingerprint density at radius 2 is 1.74 bits per heavy atom. The number of hydrogen-bond acceptors (Lipinski definition) is 5. The first kappa shape index (κ1) is 15.5. The number of rotatable bonds is 2. The Balaban J connectivity index is 2.91. The Morgan fingerprint density at radius 3 is 2.21 bits per heavy atom. The second-order valence-electron chi connectivity index (χ2n) is 5.13. The fraction of sp³-hybridized carbons (Fsp3) is 0.538. The maximum absolute atomic E-state index is 11.7. The molecule has 1 N–H and O–H groups in total. The van der Waals surface area contributed by atoms with Gasteiger partial charge in [0.25, 0.3) is 0 Å². The Bertz CT molecular complexity index is 499. The zero-order valence-electron chi connectivity index (χ0n) is 12.0. The Labute approximate surface area is 116 Å². The molecule has 0 aromatic carbocycles. The van der Waals surface area contributed by atoms with Gasteiger partial charge in [-0.1, -0.05) is 0 Å². The summed E-state index contributed by atoms with van der Waals surface area (Å²) in [4.78, 5) is 23.7. The van der Waals surface area contributed by atoms with Crippen LogP contribution < -0.4 is 5.32 Å². The number of ether oxygens (including phenoxy) is 2. The summed E-state index contributed by atoms with van der Waals surface area (Å²) in [6.45, 7) is 9.03. The summed E-state index contributed by atoms with van der Waals surface area (Å²) in [5.74, 6) is -0.400. The summed E-state index contributed by atoms with van der Waals surface area (Å²) in [5.41, 5.74) is 1.09. The molecule has 1 aromatic rings. The summed E-state index contributed by atoms with van der Waals surface area (Å²) in [6.07, 6.45) is -0.534. The lowest BCUT2D eigenvalue weighted by Crippen LogP contribution is -2.27. The van der Waals surface area contributed by atoms with Crippen molar-refractivity contribution in [1.82, 2.24) is 0 Å². The van der Waals surface area contributed by atoms with Crippen LogP contribution in [0.3, 0.4) is 0 Å². The first-order valence-corrected chi connectivity index (χ1v) is 6.65. The van der Waals surface area contributed by atoms with Gasteiger partial charge in [0, 0.05) is 0 Å². The van der Waals surface area contributed by atoms with E-state index in [1.165, 1.54) is 18.4 Å². The van der Waals surface area contributed by atoms with E-state index in [2.05, 4.69) is 5.32 Å². The molecule has 0 aliphatic carbocycles. The maximum atomic E-state index is 11.7. The van der Waals surface area contributed by atoms with E-state index in [9.17, 15) is 9.59 Å². The Hall–Kier alpha value is -1.56. The monoisotopic (exact) mass is 285 g/mol. The first-order valence-electron chi connectivity index (χ1n) is 5.84. The lowest BCUT2D eigenvalue weighted by molar-refractivity contribution is 0.0602. The van der Waals surface area contributed by atoms with Crippen molar-refractivity contribution in [3.05, 3.63) is 16.0 Å². The van der Waals surface area contributed by atoms with Crippen LogP contribution in [0.2, 0.25) is 0 Å². The van der Waals surface area contributed by atoms with E-state index in [1.807, 2.05) is 13.8 Å². The molecule has 0 aliphatic rings. The van der Waals surface area contributed by atoms with Crippen molar-refractivity contribution < 1.29 is 19.1 Å². The molecule has 1 aromatic heterocycles. The Kier molecular flexibility index (Phi) is 4.57. The SMILES string of the molecule is COC(=O)c1sc(NC(=O)OC(C)(C)C)c(C)c1C. The fourth-order valence-electron chi connectivity index (χ4n) is 1.40. The van der Waals surface area contributed by atoms with Crippen LogP contribution in [-0.2, 0) is 9.47 Å². The number of amides is 1. The van der Waals surface area contributed by atoms with Gasteiger partial charge in [0.05, 0.1) is 7.11 Å². The van der Waals surface area contributed by atoms with Gasteiger partial charge in [0.1, 0.15) is 15.5 Å². The summed E-state index contributed by atoms with van der Waals surface area (Å²) in [6, 6.07) is 0. The number of esters is 1. The summed E-state index contributed by atoms with van der Waals surface area (Å²) >= 11 is 1.19. The summed E-state index contributed by atoms with van der Waals surface area (Å²) in [7, 11) is 1.33. The third kappa shape index (κ3) is 3.96. The van der Waals surface area contributed by atoms with Gasteiger partial charge in [-0.2, -0.15) is 0 Å². The van der Waals surface area contributed by atoms with Crippen LogP contribution >= 0.6 is 11.3 Å². The largest absolute Gasteiger partial charge is 0.465 e. The molecular formula is C13H19NO4S. The molecule has 1 rings (SSSR count). The molecule has 0 saturated heterocycles. The van der Waals surface area contributed by atoms with Gasteiger partial charge in [0.15, 0.2) is 0 Å². The van der Waals surface area contributed by atoms with Crippen molar-refractivity contribution in [2.24, 2.45) is 0 Å². The zero-order chi connectivity index (χ0) is 14.8. The number of anilines is 1. The molecule has 19 heavy (non-hydrogen) atoms. The molecule has 6 heteroatoms. The van der Waals surface area contributed by atoms with E-state index in [0.717, 1.165) is 11.1 Å². The number of hydrogen-bond donors (Lipinski definition) is 1. The van der Waals surface area contributed by atoms with Crippen molar-refractivity contribution in [1.29, 1.82) is 0 Å². The minimum absolute atomic E-state index is 0.400. The maximum Gasteiger partial charge on any atom is 0.412 e. The highest BCUT2D eigenvalue weighted by atomic mass is 32.1. The van der Waals surface area contributed by atoms with Gasteiger partial charge in [-0.05, 0) is 45.7 Å². The van der Waals surface area contributed by atoms with Crippen molar-refractivity contribution in [2.45, 2.75) is 40.2 Å². The molecule has 106 valence electrons. The minimum atomic E-state index is -0.560. The van der Waals surface area contributed by atoms with E-state index < -0.39 is 17.7 Å². The smallest absolute Gasteiger partial charge is 0.412 e. The minimum Gasteiger partial charge on any atom is -0.465 e.